The predicted octanol–water partition coefficient (Wildman–Crippen LogP) is 4.15. The van der Waals surface area contributed by atoms with Crippen molar-refractivity contribution in [1.82, 2.24) is 9.13 Å². The molecule has 0 aliphatic carbocycles. The van der Waals surface area contributed by atoms with E-state index >= 15 is 0 Å². The normalized spacial score (nSPS) is 10.7. The standard InChI is InChI=1S/C23H18N4O2S/c1-26-18-12-11-16(13-19(18)27(2)23(26)29)25-22(28)17-8-4-6-10-21(17)30-20-9-5-3-7-15(20)14-24/h3-13H,1-2H3,(H,25,28). The summed E-state index contributed by atoms with van der Waals surface area (Å²) >= 11 is 1.38. The molecule has 4 aromatic rings. The lowest BCUT2D eigenvalue weighted by atomic mass is 10.2. The Labute approximate surface area is 177 Å². The van der Waals surface area contributed by atoms with Crippen molar-refractivity contribution >= 4 is 34.4 Å². The van der Waals surface area contributed by atoms with Crippen LogP contribution in [0.4, 0.5) is 5.69 Å². The van der Waals surface area contributed by atoms with E-state index in [0.717, 1.165) is 20.8 Å². The maximum absolute atomic E-state index is 13.0. The molecule has 0 aliphatic heterocycles. The summed E-state index contributed by atoms with van der Waals surface area (Å²) in [6.07, 6.45) is 0. The molecule has 0 radical (unpaired) electrons. The van der Waals surface area contributed by atoms with Crippen molar-refractivity contribution in [2.24, 2.45) is 14.1 Å². The van der Waals surface area contributed by atoms with E-state index in [4.69, 9.17) is 0 Å². The lowest BCUT2D eigenvalue weighted by molar-refractivity contribution is 0.102. The number of nitrogens with one attached hydrogen (secondary N) is 1. The number of carbonyl (C=O) groups excluding carboxylic acids is 1. The number of benzene rings is 3. The predicted molar refractivity (Wildman–Crippen MR) is 118 cm³/mol. The molecule has 148 valence electrons. The molecule has 0 aliphatic rings. The molecular formula is C23H18N4O2S. The number of imidazole rings is 1. The minimum absolute atomic E-state index is 0.119. The summed E-state index contributed by atoms with van der Waals surface area (Å²) in [4.78, 5) is 26.7. The number of nitrogens with zero attached hydrogens (tertiary/aromatic N) is 3. The van der Waals surface area contributed by atoms with Crippen molar-refractivity contribution in [3.05, 3.63) is 88.3 Å². The van der Waals surface area contributed by atoms with Crippen LogP contribution in [0.1, 0.15) is 15.9 Å². The molecule has 0 bridgehead atoms. The fourth-order valence-corrected chi connectivity index (χ4v) is 4.32. The molecule has 0 unspecified atom stereocenters. The number of anilines is 1. The van der Waals surface area contributed by atoms with E-state index in [-0.39, 0.29) is 11.6 Å². The molecule has 0 atom stereocenters. The van der Waals surface area contributed by atoms with Crippen LogP contribution in [-0.2, 0) is 14.1 Å². The Balaban J connectivity index is 1.65. The zero-order valence-electron chi connectivity index (χ0n) is 16.4. The van der Waals surface area contributed by atoms with E-state index < -0.39 is 0 Å². The average Bonchev–Trinajstić information content (AvgIpc) is 2.98. The van der Waals surface area contributed by atoms with Gasteiger partial charge in [-0.1, -0.05) is 36.0 Å². The average molecular weight is 414 g/mol. The van der Waals surface area contributed by atoms with Gasteiger partial charge in [-0.25, -0.2) is 4.79 Å². The van der Waals surface area contributed by atoms with Crippen molar-refractivity contribution in [1.29, 1.82) is 5.26 Å². The summed E-state index contributed by atoms with van der Waals surface area (Å²) in [6, 6.07) is 22.1. The summed E-state index contributed by atoms with van der Waals surface area (Å²) < 4.78 is 3.12. The third kappa shape index (κ3) is 3.49. The van der Waals surface area contributed by atoms with E-state index in [1.165, 1.54) is 11.8 Å². The van der Waals surface area contributed by atoms with Gasteiger partial charge >= 0.3 is 5.69 Å². The molecule has 1 amide bonds. The third-order valence-electron chi connectivity index (χ3n) is 4.89. The molecule has 0 spiro atoms. The van der Waals surface area contributed by atoms with Crippen molar-refractivity contribution in [3.8, 4) is 6.07 Å². The maximum atomic E-state index is 13.0. The van der Waals surface area contributed by atoms with Gasteiger partial charge in [0.25, 0.3) is 5.91 Å². The van der Waals surface area contributed by atoms with Gasteiger partial charge in [-0.2, -0.15) is 5.26 Å². The van der Waals surface area contributed by atoms with Crippen molar-refractivity contribution in [3.63, 3.8) is 0 Å². The Morgan fingerprint density at radius 3 is 2.37 bits per heavy atom. The Hall–Kier alpha value is -3.76. The molecule has 6 nitrogen and oxygen atoms in total. The van der Waals surface area contributed by atoms with Crippen molar-refractivity contribution in [2.45, 2.75) is 9.79 Å². The number of rotatable bonds is 4. The minimum atomic E-state index is -0.257. The number of carbonyl (C=O) groups is 1. The lowest BCUT2D eigenvalue weighted by Crippen LogP contribution is -2.19. The molecule has 4 rings (SSSR count). The first-order valence-electron chi connectivity index (χ1n) is 9.22. The van der Waals surface area contributed by atoms with Gasteiger partial charge in [0.15, 0.2) is 0 Å². The summed E-state index contributed by atoms with van der Waals surface area (Å²) in [5.41, 5.74) is 3.10. The SMILES string of the molecule is Cn1c(=O)n(C)c2cc(NC(=O)c3ccccc3Sc3ccccc3C#N)ccc21. The molecule has 1 N–H and O–H groups in total. The zero-order valence-corrected chi connectivity index (χ0v) is 17.2. The topological polar surface area (TPSA) is 79.8 Å². The number of nitriles is 1. The van der Waals surface area contributed by atoms with E-state index in [0.29, 0.717) is 16.8 Å². The minimum Gasteiger partial charge on any atom is -0.322 e. The first kappa shape index (κ1) is 19.6. The summed E-state index contributed by atoms with van der Waals surface area (Å²) in [7, 11) is 3.42. The van der Waals surface area contributed by atoms with Crippen molar-refractivity contribution in [2.75, 3.05) is 5.32 Å². The van der Waals surface area contributed by atoms with Gasteiger partial charge in [0.1, 0.15) is 6.07 Å². The van der Waals surface area contributed by atoms with Crippen LogP contribution in [0.2, 0.25) is 0 Å². The van der Waals surface area contributed by atoms with Crippen LogP contribution in [0.5, 0.6) is 0 Å². The van der Waals surface area contributed by atoms with Crippen LogP contribution in [0, 0.1) is 11.3 Å². The van der Waals surface area contributed by atoms with Crippen LogP contribution in [0.3, 0.4) is 0 Å². The molecule has 1 aromatic heterocycles. The Bertz CT molecular complexity index is 1380. The van der Waals surface area contributed by atoms with Gasteiger partial charge < -0.3 is 5.32 Å². The quantitative estimate of drug-likeness (QED) is 0.544. The smallest absolute Gasteiger partial charge is 0.322 e. The molecule has 30 heavy (non-hydrogen) atoms. The second kappa shape index (κ2) is 7.93. The van der Waals surface area contributed by atoms with Crippen molar-refractivity contribution < 1.29 is 4.79 Å². The van der Waals surface area contributed by atoms with Gasteiger partial charge in [-0.3, -0.25) is 13.9 Å². The highest BCUT2D eigenvalue weighted by molar-refractivity contribution is 7.99. The van der Waals surface area contributed by atoms with E-state index in [1.807, 2.05) is 36.4 Å². The summed E-state index contributed by atoms with van der Waals surface area (Å²) in [5, 5.41) is 12.3. The molecule has 7 heteroatoms. The van der Waals surface area contributed by atoms with Crippen LogP contribution in [-0.4, -0.2) is 15.0 Å². The van der Waals surface area contributed by atoms with Crippen LogP contribution in [0.25, 0.3) is 11.0 Å². The number of hydrogen-bond acceptors (Lipinski definition) is 4. The maximum Gasteiger partial charge on any atom is 0.328 e. The van der Waals surface area contributed by atoms with Gasteiger partial charge in [0.2, 0.25) is 0 Å². The molecule has 0 saturated carbocycles. The highest BCUT2D eigenvalue weighted by Gasteiger charge is 2.15. The number of amides is 1. The summed E-state index contributed by atoms with van der Waals surface area (Å²) in [5.74, 6) is -0.257. The zero-order chi connectivity index (χ0) is 21.3. The van der Waals surface area contributed by atoms with E-state index in [9.17, 15) is 14.9 Å². The second-order valence-electron chi connectivity index (χ2n) is 6.76. The number of aryl methyl sites for hydroxylation is 2. The fourth-order valence-electron chi connectivity index (χ4n) is 3.29. The van der Waals surface area contributed by atoms with Crippen LogP contribution < -0.4 is 11.0 Å². The Morgan fingerprint density at radius 2 is 1.60 bits per heavy atom. The Morgan fingerprint density at radius 1 is 0.933 bits per heavy atom. The van der Waals surface area contributed by atoms with Gasteiger partial charge in [0, 0.05) is 29.6 Å². The number of aromatic nitrogens is 2. The monoisotopic (exact) mass is 414 g/mol. The summed E-state index contributed by atoms with van der Waals surface area (Å²) in [6.45, 7) is 0. The molecule has 3 aromatic carbocycles. The molecular weight excluding hydrogens is 396 g/mol. The Kier molecular flexibility index (Phi) is 5.17. The number of hydrogen-bond donors (Lipinski definition) is 1. The fraction of sp³-hybridized carbons (Fsp3) is 0.0870. The first-order chi connectivity index (χ1) is 14.5. The molecule has 1 heterocycles. The van der Waals surface area contributed by atoms with Gasteiger partial charge in [-0.15, -0.1) is 0 Å². The van der Waals surface area contributed by atoms with Gasteiger partial charge in [0.05, 0.1) is 22.2 Å². The number of fused-ring (bicyclic) bond motifs is 1. The largest absolute Gasteiger partial charge is 0.328 e. The highest BCUT2D eigenvalue weighted by Crippen LogP contribution is 2.33. The van der Waals surface area contributed by atoms with Crippen LogP contribution in [0.15, 0.2) is 81.3 Å². The van der Waals surface area contributed by atoms with E-state index in [1.54, 1.807) is 53.6 Å². The second-order valence-corrected chi connectivity index (χ2v) is 7.85. The van der Waals surface area contributed by atoms with Crippen LogP contribution >= 0.6 is 11.8 Å². The highest BCUT2D eigenvalue weighted by atomic mass is 32.2. The van der Waals surface area contributed by atoms with Gasteiger partial charge in [-0.05, 0) is 42.5 Å². The van der Waals surface area contributed by atoms with E-state index in [2.05, 4.69) is 11.4 Å². The third-order valence-corrected chi connectivity index (χ3v) is 6.04. The molecule has 0 fully saturated rings. The first-order valence-corrected chi connectivity index (χ1v) is 10.0. The lowest BCUT2D eigenvalue weighted by Gasteiger charge is -2.11. The molecule has 0 saturated heterocycles.